The summed E-state index contributed by atoms with van der Waals surface area (Å²) in [5.41, 5.74) is 12.6. The predicted octanol–water partition coefficient (Wildman–Crippen LogP) is 2.94. The molecule has 0 heterocycles. The molecular weight excluding hydrogens is 244 g/mol. The van der Waals surface area contributed by atoms with Crippen molar-refractivity contribution in [3.8, 4) is 0 Å². The van der Waals surface area contributed by atoms with Gasteiger partial charge in [-0.25, -0.2) is 0 Å². The number of nitrogens with two attached hydrogens (primary N) is 1. The van der Waals surface area contributed by atoms with Gasteiger partial charge in [-0.2, -0.15) is 0 Å². The number of nitrogens with one attached hydrogen (secondary N) is 1. The largest absolute Gasteiger partial charge is 0.326 e. The van der Waals surface area contributed by atoms with Gasteiger partial charge in [-0.15, -0.1) is 0 Å². The molecule has 2 heteroatoms. The maximum Gasteiger partial charge on any atom is 0.0574 e. The molecule has 1 unspecified atom stereocenters. The first-order chi connectivity index (χ1) is 9.81. The molecule has 0 spiro atoms. The van der Waals surface area contributed by atoms with Gasteiger partial charge in [-0.3, -0.25) is 0 Å². The van der Waals surface area contributed by atoms with Gasteiger partial charge in [0, 0.05) is 6.54 Å². The molecule has 0 aromatic heterocycles. The molecule has 2 nitrogen and oxygen atoms in total. The second-order valence-electron chi connectivity index (χ2n) is 5.55. The van der Waals surface area contributed by atoms with Crippen molar-refractivity contribution >= 4 is 0 Å². The number of hydrogen-bond donors (Lipinski definition) is 2. The summed E-state index contributed by atoms with van der Waals surface area (Å²) in [6.07, 6.45) is 3.77. The van der Waals surface area contributed by atoms with E-state index in [1.54, 1.807) is 0 Å². The quantitative estimate of drug-likeness (QED) is 0.893. The standard InChI is InChI=1S/C18H22N2/c1-20-18(15-7-5-13(12-19)6-8-15)17-10-9-14-3-2-4-16(14)11-17/h5-11,18,20H,2-4,12,19H2,1H3. The molecule has 104 valence electrons. The van der Waals surface area contributed by atoms with E-state index in [-0.39, 0.29) is 6.04 Å². The Balaban J connectivity index is 1.92. The van der Waals surface area contributed by atoms with Gasteiger partial charge >= 0.3 is 0 Å². The Morgan fingerprint density at radius 3 is 2.40 bits per heavy atom. The van der Waals surface area contributed by atoms with Crippen LogP contribution in [0.2, 0.25) is 0 Å². The second kappa shape index (κ2) is 5.78. The molecule has 0 fully saturated rings. The number of aryl methyl sites for hydroxylation is 2. The summed E-state index contributed by atoms with van der Waals surface area (Å²) in [7, 11) is 2.02. The average Bonchev–Trinajstić information content (AvgIpc) is 2.96. The van der Waals surface area contributed by atoms with E-state index < -0.39 is 0 Å². The van der Waals surface area contributed by atoms with E-state index in [1.807, 2.05) is 7.05 Å². The minimum atomic E-state index is 0.257. The van der Waals surface area contributed by atoms with E-state index in [0.717, 1.165) is 0 Å². The first-order valence-corrected chi connectivity index (χ1v) is 7.39. The lowest BCUT2D eigenvalue weighted by Crippen LogP contribution is -2.18. The third-order valence-corrected chi connectivity index (χ3v) is 4.29. The van der Waals surface area contributed by atoms with Gasteiger partial charge in [0.2, 0.25) is 0 Å². The highest BCUT2D eigenvalue weighted by molar-refractivity contribution is 5.40. The van der Waals surface area contributed by atoms with Crippen LogP contribution >= 0.6 is 0 Å². The van der Waals surface area contributed by atoms with Gasteiger partial charge in [0.25, 0.3) is 0 Å². The third-order valence-electron chi connectivity index (χ3n) is 4.29. The zero-order valence-electron chi connectivity index (χ0n) is 12.0. The van der Waals surface area contributed by atoms with Crippen molar-refractivity contribution in [2.45, 2.75) is 31.8 Å². The Hall–Kier alpha value is -1.64. The van der Waals surface area contributed by atoms with Crippen LogP contribution in [0, 0.1) is 0 Å². The highest BCUT2D eigenvalue weighted by atomic mass is 14.9. The Labute approximate surface area is 121 Å². The van der Waals surface area contributed by atoms with Gasteiger partial charge in [-0.05, 0) is 54.1 Å². The van der Waals surface area contributed by atoms with E-state index in [2.05, 4.69) is 47.8 Å². The van der Waals surface area contributed by atoms with Crippen molar-refractivity contribution in [3.05, 3.63) is 70.3 Å². The van der Waals surface area contributed by atoms with Gasteiger partial charge in [-0.1, -0.05) is 42.5 Å². The molecule has 3 rings (SSSR count). The molecule has 0 saturated heterocycles. The lowest BCUT2D eigenvalue weighted by molar-refractivity contribution is 0.690. The van der Waals surface area contributed by atoms with Crippen LogP contribution < -0.4 is 11.1 Å². The maximum absolute atomic E-state index is 5.67. The number of fused-ring (bicyclic) bond motifs is 1. The predicted molar refractivity (Wildman–Crippen MR) is 83.7 cm³/mol. The van der Waals surface area contributed by atoms with Crippen LogP contribution in [-0.2, 0) is 19.4 Å². The molecule has 0 radical (unpaired) electrons. The fourth-order valence-electron chi connectivity index (χ4n) is 3.14. The smallest absolute Gasteiger partial charge is 0.0574 e. The van der Waals surface area contributed by atoms with Gasteiger partial charge in [0.05, 0.1) is 6.04 Å². The van der Waals surface area contributed by atoms with Crippen molar-refractivity contribution in [3.63, 3.8) is 0 Å². The summed E-state index contributed by atoms with van der Waals surface area (Å²) in [6, 6.07) is 15.8. The van der Waals surface area contributed by atoms with Crippen molar-refractivity contribution in [1.82, 2.24) is 5.32 Å². The fourth-order valence-corrected chi connectivity index (χ4v) is 3.14. The normalized spacial score (nSPS) is 15.1. The van der Waals surface area contributed by atoms with Crippen LogP contribution in [0.25, 0.3) is 0 Å². The molecule has 0 bridgehead atoms. The van der Waals surface area contributed by atoms with Crippen LogP contribution in [-0.4, -0.2) is 7.05 Å². The van der Waals surface area contributed by atoms with Crippen LogP contribution in [0.1, 0.15) is 40.3 Å². The molecule has 0 amide bonds. The second-order valence-corrected chi connectivity index (χ2v) is 5.55. The number of benzene rings is 2. The summed E-state index contributed by atoms with van der Waals surface area (Å²) in [5, 5.41) is 3.43. The maximum atomic E-state index is 5.67. The molecule has 1 atom stereocenters. The summed E-state index contributed by atoms with van der Waals surface area (Å²) < 4.78 is 0. The van der Waals surface area contributed by atoms with Crippen molar-refractivity contribution in [2.24, 2.45) is 5.73 Å². The van der Waals surface area contributed by atoms with E-state index >= 15 is 0 Å². The summed E-state index contributed by atoms with van der Waals surface area (Å²) >= 11 is 0. The average molecular weight is 266 g/mol. The SMILES string of the molecule is CNC(c1ccc(CN)cc1)c1ccc2c(c1)CCC2. The monoisotopic (exact) mass is 266 g/mol. The van der Waals surface area contributed by atoms with Crippen molar-refractivity contribution < 1.29 is 0 Å². The van der Waals surface area contributed by atoms with Crippen LogP contribution in [0.3, 0.4) is 0 Å². The first-order valence-electron chi connectivity index (χ1n) is 7.39. The topological polar surface area (TPSA) is 38.0 Å². The highest BCUT2D eigenvalue weighted by Crippen LogP contribution is 2.28. The van der Waals surface area contributed by atoms with Crippen molar-refractivity contribution in [1.29, 1.82) is 0 Å². The molecule has 20 heavy (non-hydrogen) atoms. The summed E-state index contributed by atoms with van der Waals surface area (Å²) in [4.78, 5) is 0. The zero-order valence-corrected chi connectivity index (χ0v) is 12.0. The summed E-state index contributed by atoms with van der Waals surface area (Å²) in [5.74, 6) is 0. The fraction of sp³-hybridized carbons (Fsp3) is 0.333. The van der Waals surface area contributed by atoms with Crippen LogP contribution in [0.5, 0.6) is 0 Å². The van der Waals surface area contributed by atoms with Gasteiger partial charge < -0.3 is 11.1 Å². The third kappa shape index (κ3) is 2.49. The summed E-state index contributed by atoms with van der Waals surface area (Å²) in [6.45, 7) is 0.601. The Bertz CT molecular complexity index is 587. The number of hydrogen-bond acceptors (Lipinski definition) is 2. The van der Waals surface area contributed by atoms with Gasteiger partial charge in [0.1, 0.15) is 0 Å². The molecule has 0 aliphatic heterocycles. The number of rotatable bonds is 4. The minimum absolute atomic E-state index is 0.257. The molecule has 1 aliphatic carbocycles. The van der Waals surface area contributed by atoms with Crippen molar-refractivity contribution in [2.75, 3.05) is 7.05 Å². The first kappa shape index (κ1) is 13.3. The van der Waals surface area contributed by atoms with E-state index in [4.69, 9.17) is 5.73 Å². The molecule has 2 aromatic rings. The molecule has 2 aromatic carbocycles. The molecule has 3 N–H and O–H groups in total. The van der Waals surface area contributed by atoms with Crippen LogP contribution in [0.4, 0.5) is 0 Å². The van der Waals surface area contributed by atoms with Crippen LogP contribution in [0.15, 0.2) is 42.5 Å². The Morgan fingerprint density at radius 2 is 1.70 bits per heavy atom. The van der Waals surface area contributed by atoms with E-state index in [1.165, 1.54) is 47.1 Å². The molecule has 1 aliphatic rings. The lowest BCUT2D eigenvalue weighted by Gasteiger charge is -2.18. The molecule has 0 saturated carbocycles. The Kier molecular flexibility index (Phi) is 3.86. The van der Waals surface area contributed by atoms with E-state index in [9.17, 15) is 0 Å². The lowest BCUT2D eigenvalue weighted by atomic mass is 9.95. The molecular formula is C18H22N2. The Morgan fingerprint density at radius 1 is 1.00 bits per heavy atom. The minimum Gasteiger partial charge on any atom is -0.326 e. The highest BCUT2D eigenvalue weighted by Gasteiger charge is 2.16. The van der Waals surface area contributed by atoms with E-state index in [0.29, 0.717) is 6.54 Å². The zero-order chi connectivity index (χ0) is 13.9. The van der Waals surface area contributed by atoms with Gasteiger partial charge in [0.15, 0.2) is 0 Å².